The number of hydrogen-bond donors (Lipinski definition) is 0. The molecule has 1 aromatic heterocycles. The van der Waals surface area contributed by atoms with E-state index in [9.17, 15) is 4.79 Å². The minimum atomic E-state index is 0.101. The summed E-state index contributed by atoms with van der Waals surface area (Å²) in [5.74, 6) is 3.25. The van der Waals surface area contributed by atoms with E-state index < -0.39 is 0 Å². The van der Waals surface area contributed by atoms with Crippen molar-refractivity contribution in [2.45, 2.75) is 23.3 Å². The molecule has 112 valence electrons. The third-order valence-electron chi connectivity index (χ3n) is 3.93. The van der Waals surface area contributed by atoms with Gasteiger partial charge in [-0.05, 0) is 23.3 Å². The lowest BCUT2D eigenvalue weighted by atomic mass is 10.2. The predicted molar refractivity (Wildman–Crippen MR) is 95.2 cm³/mol. The first-order chi connectivity index (χ1) is 10.8. The molecule has 0 unspecified atom stereocenters. The molecule has 0 fully saturated rings. The van der Waals surface area contributed by atoms with Crippen molar-refractivity contribution in [3.63, 3.8) is 0 Å². The molecule has 0 spiro atoms. The molecule has 0 amide bonds. The van der Waals surface area contributed by atoms with Gasteiger partial charge in [0.25, 0.3) is 0 Å². The van der Waals surface area contributed by atoms with Gasteiger partial charge in [-0.1, -0.05) is 36.4 Å². The van der Waals surface area contributed by atoms with Crippen molar-refractivity contribution in [2.24, 2.45) is 0 Å². The summed E-state index contributed by atoms with van der Waals surface area (Å²) in [7, 11) is 0. The molecule has 2 aliphatic rings. The van der Waals surface area contributed by atoms with Gasteiger partial charge < -0.3 is 0 Å². The van der Waals surface area contributed by atoms with Crippen molar-refractivity contribution in [1.82, 2.24) is 9.13 Å². The van der Waals surface area contributed by atoms with Gasteiger partial charge in [0.2, 0.25) is 0 Å². The van der Waals surface area contributed by atoms with Crippen LogP contribution in [0, 0.1) is 0 Å². The number of rotatable bonds is 0. The van der Waals surface area contributed by atoms with Gasteiger partial charge in [0.1, 0.15) is 0 Å². The van der Waals surface area contributed by atoms with E-state index >= 15 is 0 Å². The molecular formula is C17H16N2OS2. The highest BCUT2D eigenvalue weighted by Crippen LogP contribution is 2.23. The van der Waals surface area contributed by atoms with Crippen molar-refractivity contribution in [3.8, 4) is 0 Å². The highest BCUT2D eigenvalue weighted by molar-refractivity contribution is 7.97. The van der Waals surface area contributed by atoms with Crippen molar-refractivity contribution < 1.29 is 0 Å². The molecular weight excluding hydrogens is 312 g/mol. The second kappa shape index (κ2) is 5.89. The summed E-state index contributed by atoms with van der Waals surface area (Å²) in [6.45, 7) is 0. The molecule has 2 aliphatic heterocycles. The number of imidazole rings is 1. The fourth-order valence-electron chi connectivity index (χ4n) is 2.76. The van der Waals surface area contributed by atoms with Gasteiger partial charge in [-0.2, -0.15) is 0 Å². The van der Waals surface area contributed by atoms with Crippen LogP contribution in [0.4, 0.5) is 0 Å². The third kappa shape index (κ3) is 2.48. The molecule has 5 rings (SSSR count). The molecule has 22 heavy (non-hydrogen) atoms. The van der Waals surface area contributed by atoms with Crippen LogP contribution in [0.3, 0.4) is 0 Å². The zero-order valence-electron chi connectivity index (χ0n) is 12.1. The number of nitrogens with zero attached hydrogens (tertiary/aromatic N) is 2. The molecule has 4 bridgehead atoms. The number of thioether (sulfide) groups is 2. The van der Waals surface area contributed by atoms with Crippen molar-refractivity contribution in [1.29, 1.82) is 0 Å². The maximum absolute atomic E-state index is 12.7. The largest absolute Gasteiger partial charge is 0.330 e. The smallest absolute Gasteiger partial charge is 0.282 e. The summed E-state index contributed by atoms with van der Waals surface area (Å²) in [6.07, 6.45) is 0. The van der Waals surface area contributed by atoms with Gasteiger partial charge in [-0.3, -0.25) is 9.13 Å². The monoisotopic (exact) mass is 328 g/mol. The van der Waals surface area contributed by atoms with Gasteiger partial charge >= 0.3 is 5.69 Å². The van der Waals surface area contributed by atoms with Crippen LogP contribution >= 0.6 is 23.5 Å². The van der Waals surface area contributed by atoms with E-state index in [0.717, 1.165) is 22.5 Å². The van der Waals surface area contributed by atoms with Gasteiger partial charge in [0, 0.05) is 11.5 Å². The Morgan fingerprint density at radius 2 is 1.18 bits per heavy atom. The fourth-order valence-corrected chi connectivity index (χ4v) is 4.67. The first-order valence-electron chi connectivity index (χ1n) is 7.24. The summed E-state index contributed by atoms with van der Waals surface area (Å²) in [5, 5.41) is 0. The maximum atomic E-state index is 12.7. The Morgan fingerprint density at radius 3 is 1.64 bits per heavy atom. The molecule has 0 atom stereocenters. The first-order valence-corrected chi connectivity index (χ1v) is 9.55. The van der Waals surface area contributed by atoms with Gasteiger partial charge in [-0.15, -0.1) is 23.5 Å². The van der Waals surface area contributed by atoms with Crippen LogP contribution in [0.15, 0.2) is 53.3 Å². The van der Waals surface area contributed by atoms with E-state index in [-0.39, 0.29) is 5.69 Å². The normalized spacial score (nSPS) is 15.3. The van der Waals surface area contributed by atoms with Crippen molar-refractivity contribution >= 4 is 34.6 Å². The lowest BCUT2D eigenvalue weighted by Gasteiger charge is -2.06. The molecule has 0 radical (unpaired) electrons. The molecule has 0 aliphatic carbocycles. The molecule has 0 saturated heterocycles. The van der Waals surface area contributed by atoms with E-state index in [1.165, 1.54) is 11.1 Å². The Hall–Kier alpha value is -1.59. The van der Waals surface area contributed by atoms with Gasteiger partial charge in [0.15, 0.2) is 0 Å². The number of aromatic nitrogens is 2. The second-order valence-electron chi connectivity index (χ2n) is 5.40. The summed E-state index contributed by atoms with van der Waals surface area (Å²) in [4.78, 5) is 12.7. The van der Waals surface area contributed by atoms with Crippen LogP contribution in [0.2, 0.25) is 0 Å². The number of fused-ring (bicyclic) bond motifs is 7. The van der Waals surface area contributed by atoms with Crippen LogP contribution in [0.25, 0.3) is 11.0 Å². The molecule has 3 aromatic rings. The van der Waals surface area contributed by atoms with E-state index in [1.807, 2.05) is 33.4 Å². The average Bonchev–Trinajstić information content (AvgIpc) is 2.83. The fraction of sp³-hybridized carbons (Fsp3) is 0.235. The second-order valence-corrected chi connectivity index (χ2v) is 7.31. The number of para-hydroxylation sites is 2. The van der Waals surface area contributed by atoms with E-state index in [4.69, 9.17) is 0 Å². The lowest BCUT2D eigenvalue weighted by Crippen LogP contribution is -2.23. The van der Waals surface area contributed by atoms with Crippen molar-refractivity contribution in [2.75, 3.05) is 0 Å². The Bertz CT molecular complexity index is 795. The molecule has 3 heterocycles. The predicted octanol–water partition coefficient (Wildman–Crippen LogP) is 3.90. The Labute approximate surface area is 137 Å². The first kappa shape index (κ1) is 14.0. The molecule has 0 saturated carbocycles. The minimum Gasteiger partial charge on any atom is -0.282 e. The van der Waals surface area contributed by atoms with Crippen LogP contribution < -0.4 is 5.69 Å². The number of benzene rings is 2. The molecule has 0 N–H and O–H groups in total. The molecule has 2 aromatic carbocycles. The summed E-state index contributed by atoms with van der Waals surface area (Å²) < 4.78 is 3.79. The summed E-state index contributed by atoms with van der Waals surface area (Å²) in [6, 6.07) is 16.9. The van der Waals surface area contributed by atoms with E-state index in [2.05, 4.69) is 24.3 Å². The van der Waals surface area contributed by atoms with E-state index in [0.29, 0.717) is 11.8 Å². The zero-order valence-corrected chi connectivity index (χ0v) is 13.7. The molecule has 5 heteroatoms. The lowest BCUT2D eigenvalue weighted by molar-refractivity contribution is 0.775. The topological polar surface area (TPSA) is 26.9 Å². The van der Waals surface area contributed by atoms with Crippen LogP contribution in [-0.2, 0) is 23.3 Å². The minimum absolute atomic E-state index is 0.101. The summed E-state index contributed by atoms with van der Waals surface area (Å²) >= 11 is 3.56. The van der Waals surface area contributed by atoms with Crippen LogP contribution in [-0.4, -0.2) is 9.13 Å². The van der Waals surface area contributed by atoms with Crippen LogP contribution in [0.5, 0.6) is 0 Å². The quantitative estimate of drug-likeness (QED) is 0.626. The van der Waals surface area contributed by atoms with E-state index in [1.54, 1.807) is 23.5 Å². The highest BCUT2D eigenvalue weighted by atomic mass is 32.2. The van der Waals surface area contributed by atoms with Gasteiger partial charge in [0.05, 0.1) is 22.8 Å². The van der Waals surface area contributed by atoms with Crippen molar-refractivity contribution in [3.05, 3.63) is 70.1 Å². The van der Waals surface area contributed by atoms with Gasteiger partial charge in [-0.25, -0.2) is 4.79 Å². The highest BCUT2D eigenvalue weighted by Gasteiger charge is 2.13. The SMILES string of the molecule is O=c1n2c3ccccc3n1CSCc1ccc(cc1)CSC2. The molecule has 3 nitrogen and oxygen atoms in total. The standard InChI is InChI=1S/C17H16N2OS2/c20-17-18-11-21-9-13-5-7-14(8-6-13)10-22-12-19(17)16-4-2-1-3-15(16)18/h1-8H,9-12H2. The maximum Gasteiger partial charge on any atom is 0.330 e. The van der Waals surface area contributed by atoms with Crippen LogP contribution in [0.1, 0.15) is 11.1 Å². The Kier molecular flexibility index (Phi) is 3.76. The third-order valence-corrected chi connectivity index (χ3v) is 5.88. The Morgan fingerprint density at radius 1 is 0.727 bits per heavy atom. The Balaban J connectivity index is 1.79. The number of hydrogen-bond acceptors (Lipinski definition) is 3. The average molecular weight is 328 g/mol. The summed E-state index contributed by atoms with van der Waals surface area (Å²) in [5.41, 5.74) is 4.80. The zero-order chi connectivity index (χ0) is 14.9.